The fourth-order valence-electron chi connectivity index (χ4n) is 2.15. The minimum Gasteiger partial charge on any atom is -0.386 e. The molecule has 4 nitrogen and oxygen atoms in total. The highest BCUT2D eigenvalue weighted by atomic mass is 35.5. The Hall–Kier alpha value is -1.13. The van der Waals surface area contributed by atoms with Crippen molar-refractivity contribution in [1.82, 2.24) is 9.88 Å². The maximum Gasteiger partial charge on any atom is 0.254 e. The minimum atomic E-state index is -0.715. The molecule has 0 aliphatic carbocycles. The summed E-state index contributed by atoms with van der Waals surface area (Å²) in [5.41, 5.74) is 0.636. The first kappa shape index (κ1) is 14.3. The van der Waals surface area contributed by atoms with Gasteiger partial charge in [-0.15, -0.1) is 0 Å². The van der Waals surface area contributed by atoms with Crippen LogP contribution in [0.15, 0.2) is 12.1 Å². The largest absolute Gasteiger partial charge is 0.386 e. The Bertz CT molecular complexity index is 496. The fourth-order valence-corrected chi connectivity index (χ4v) is 2.37. The van der Waals surface area contributed by atoms with E-state index in [2.05, 4.69) is 4.98 Å². The molecular weight excluding hydrogens is 264 g/mol. The van der Waals surface area contributed by atoms with E-state index in [0.29, 0.717) is 30.2 Å². The summed E-state index contributed by atoms with van der Waals surface area (Å²) < 4.78 is 0. The number of pyridine rings is 1. The molecule has 0 unspecified atom stereocenters. The molecule has 0 aromatic carbocycles. The fraction of sp³-hybridized carbons (Fsp3) is 0.571. The van der Waals surface area contributed by atoms with Crippen molar-refractivity contribution in [3.05, 3.63) is 28.5 Å². The van der Waals surface area contributed by atoms with Crippen molar-refractivity contribution in [2.75, 3.05) is 13.1 Å². The van der Waals surface area contributed by atoms with E-state index in [-0.39, 0.29) is 11.8 Å². The molecule has 19 heavy (non-hydrogen) atoms. The van der Waals surface area contributed by atoms with Crippen LogP contribution in [0.3, 0.4) is 0 Å². The predicted molar refractivity (Wildman–Crippen MR) is 74.5 cm³/mol. The second-order valence-electron chi connectivity index (χ2n) is 5.50. The van der Waals surface area contributed by atoms with Crippen molar-refractivity contribution in [3.8, 4) is 0 Å². The first-order valence-electron chi connectivity index (χ1n) is 6.54. The quantitative estimate of drug-likeness (QED) is 0.867. The lowest BCUT2D eigenvalue weighted by Crippen LogP contribution is -2.63. The molecule has 1 amide bonds. The molecule has 1 N–H and O–H groups in total. The van der Waals surface area contributed by atoms with Crippen LogP contribution in [-0.2, 0) is 0 Å². The highest BCUT2D eigenvalue weighted by Gasteiger charge is 2.42. The molecule has 1 aliphatic rings. The van der Waals surface area contributed by atoms with Crippen LogP contribution < -0.4 is 0 Å². The zero-order chi connectivity index (χ0) is 14.2. The standard InChI is InChI=1S/C14H19ClN2O2/c1-4-14(19)7-17(8-14)13(18)10-5-11(9(2)3)16-12(15)6-10/h5-6,9,19H,4,7-8H2,1-3H3. The van der Waals surface area contributed by atoms with E-state index in [1.54, 1.807) is 17.0 Å². The van der Waals surface area contributed by atoms with Crippen LogP contribution in [-0.4, -0.2) is 39.6 Å². The maximum atomic E-state index is 12.3. The number of nitrogens with zero attached hydrogens (tertiary/aromatic N) is 2. The number of hydrogen-bond acceptors (Lipinski definition) is 3. The second-order valence-corrected chi connectivity index (χ2v) is 5.88. The van der Waals surface area contributed by atoms with Gasteiger partial charge in [0.15, 0.2) is 0 Å². The highest BCUT2D eigenvalue weighted by molar-refractivity contribution is 6.29. The molecule has 1 saturated heterocycles. The number of carbonyl (C=O) groups is 1. The van der Waals surface area contributed by atoms with Crippen LogP contribution in [0.1, 0.15) is 49.2 Å². The van der Waals surface area contributed by atoms with Crippen LogP contribution in [0.25, 0.3) is 0 Å². The molecule has 1 aliphatic heterocycles. The van der Waals surface area contributed by atoms with E-state index in [9.17, 15) is 9.90 Å². The van der Waals surface area contributed by atoms with Crippen molar-refractivity contribution in [3.63, 3.8) is 0 Å². The van der Waals surface area contributed by atoms with E-state index in [0.717, 1.165) is 5.69 Å². The average Bonchev–Trinajstić information content (AvgIpc) is 2.33. The van der Waals surface area contributed by atoms with Gasteiger partial charge in [-0.2, -0.15) is 0 Å². The molecule has 0 atom stereocenters. The Balaban J connectivity index is 2.17. The molecule has 2 rings (SSSR count). The summed E-state index contributed by atoms with van der Waals surface area (Å²) >= 11 is 5.96. The predicted octanol–water partition coefficient (Wildman–Crippen LogP) is 2.46. The van der Waals surface area contributed by atoms with Crippen molar-refractivity contribution >= 4 is 17.5 Å². The monoisotopic (exact) mass is 282 g/mol. The van der Waals surface area contributed by atoms with E-state index in [1.165, 1.54) is 0 Å². The van der Waals surface area contributed by atoms with Crippen LogP contribution in [0.2, 0.25) is 5.15 Å². The number of halogens is 1. The normalized spacial score (nSPS) is 17.5. The molecule has 1 fully saturated rings. The van der Waals surface area contributed by atoms with Crippen LogP contribution in [0.5, 0.6) is 0 Å². The molecule has 0 radical (unpaired) electrons. The number of rotatable bonds is 3. The molecule has 5 heteroatoms. The topological polar surface area (TPSA) is 53.4 Å². The van der Waals surface area contributed by atoms with E-state index < -0.39 is 5.60 Å². The number of hydrogen-bond donors (Lipinski definition) is 1. The number of likely N-dealkylation sites (tertiary alicyclic amines) is 1. The van der Waals surface area contributed by atoms with Crippen LogP contribution in [0, 0.1) is 0 Å². The summed E-state index contributed by atoms with van der Waals surface area (Å²) in [6, 6.07) is 3.36. The van der Waals surface area contributed by atoms with E-state index in [1.807, 2.05) is 20.8 Å². The van der Waals surface area contributed by atoms with Gasteiger partial charge in [0.2, 0.25) is 0 Å². The van der Waals surface area contributed by atoms with Gasteiger partial charge < -0.3 is 10.0 Å². The SMILES string of the molecule is CCC1(O)CN(C(=O)c2cc(Cl)nc(C(C)C)c2)C1. The summed E-state index contributed by atoms with van der Waals surface area (Å²) in [7, 11) is 0. The summed E-state index contributed by atoms with van der Waals surface area (Å²) in [4.78, 5) is 18.1. The second kappa shape index (κ2) is 5.10. The van der Waals surface area contributed by atoms with Crippen molar-refractivity contribution in [1.29, 1.82) is 0 Å². The first-order valence-corrected chi connectivity index (χ1v) is 6.91. The maximum absolute atomic E-state index is 12.3. The van der Waals surface area contributed by atoms with Gasteiger partial charge in [-0.05, 0) is 24.5 Å². The molecule has 0 bridgehead atoms. The number of carbonyl (C=O) groups excluding carboxylic acids is 1. The van der Waals surface area contributed by atoms with Gasteiger partial charge >= 0.3 is 0 Å². The lowest BCUT2D eigenvalue weighted by Gasteiger charge is -2.46. The Morgan fingerprint density at radius 1 is 1.53 bits per heavy atom. The van der Waals surface area contributed by atoms with Crippen LogP contribution >= 0.6 is 11.6 Å². The number of amides is 1. The number of β-amino-alcohol motifs (C(OH)–C–C–N with tert-alkyl or cyclic N) is 1. The Kier molecular flexibility index (Phi) is 3.83. The van der Waals surface area contributed by atoms with Gasteiger partial charge in [0.1, 0.15) is 5.15 Å². The first-order chi connectivity index (χ1) is 8.84. The molecule has 1 aromatic rings. The Labute approximate surface area is 118 Å². The Morgan fingerprint density at radius 2 is 2.16 bits per heavy atom. The lowest BCUT2D eigenvalue weighted by molar-refractivity contribution is -0.0826. The third-order valence-electron chi connectivity index (χ3n) is 3.57. The number of aliphatic hydroxyl groups is 1. The third kappa shape index (κ3) is 2.90. The molecular formula is C14H19ClN2O2. The molecule has 1 aromatic heterocycles. The van der Waals surface area contributed by atoms with Gasteiger partial charge in [-0.1, -0.05) is 32.4 Å². The minimum absolute atomic E-state index is 0.0932. The zero-order valence-corrected chi connectivity index (χ0v) is 12.2. The van der Waals surface area contributed by atoms with Gasteiger partial charge in [-0.3, -0.25) is 4.79 Å². The lowest BCUT2D eigenvalue weighted by atomic mass is 9.90. The number of aromatic nitrogens is 1. The molecule has 0 spiro atoms. The summed E-state index contributed by atoms with van der Waals surface area (Å²) in [5.74, 6) is 0.124. The molecule has 104 valence electrons. The van der Waals surface area contributed by atoms with Gasteiger partial charge in [0.05, 0.1) is 18.7 Å². The van der Waals surface area contributed by atoms with Gasteiger partial charge in [0, 0.05) is 11.3 Å². The smallest absolute Gasteiger partial charge is 0.254 e. The third-order valence-corrected chi connectivity index (χ3v) is 3.76. The van der Waals surface area contributed by atoms with Crippen molar-refractivity contribution in [2.45, 2.75) is 38.7 Å². The zero-order valence-electron chi connectivity index (χ0n) is 11.5. The average molecular weight is 283 g/mol. The molecule has 0 saturated carbocycles. The Morgan fingerprint density at radius 3 is 2.68 bits per heavy atom. The van der Waals surface area contributed by atoms with Crippen LogP contribution in [0.4, 0.5) is 0 Å². The van der Waals surface area contributed by atoms with Crippen molar-refractivity contribution < 1.29 is 9.90 Å². The summed E-state index contributed by atoms with van der Waals surface area (Å²) in [5, 5.41) is 10.3. The van der Waals surface area contributed by atoms with E-state index >= 15 is 0 Å². The van der Waals surface area contributed by atoms with Gasteiger partial charge in [-0.25, -0.2) is 4.98 Å². The summed E-state index contributed by atoms with van der Waals surface area (Å²) in [6.45, 7) is 6.71. The highest BCUT2D eigenvalue weighted by Crippen LogP contribution is 2.27. The van der Waals surface area contributed by atoms with Gasteiger partial charge in [0.25, 0.3) is 5.91 Å². The molecule has 2 heterocycles. The van der Waals surface area contributed by atoms with Crippen molar-refractivity contribution in [2.24, 2.45) is 0 Å². The van der Waals surface area contributed by atoms with E-state index in [4.69, 9.17) is 11.6 Å². The summed E-state index contributed by atoms with van der Waals surface area (Å²) in [6.07, 6.45) is 0.658.